The molecule has 3 heterocycles. The minimum atomic E-state index is -0.454. The Morgan fingerprint density at radius 3 is 2.56 bits per heavy atom. The van der Waals surface area contributed by atoms with Crippen LogP contribution < -0.4 is 4.74 Å². The minimum absolute atomic E-state index is 0.224. The van der Waals surface area contributed by atoms with Crippen LogP contribution >= 0.6 is 0 Å². The van der Waals surface area contributed by atoms with Crippen LogP contribution in [0.3, 0.4) is 0 Å². The molecule has 0 saturated carbocycles. The van der Waals surface area contributed by atoms with E-state index >= 15 is 0 Å². The molecule has 0 aromatic carbocycles. The number of hydrogen-bond acceptors (Lipinski definition) is 6. The van der Waals surface area contributed by atoms with E-state index in [4.69, 9.17) is 9.47 Å². The number of nitrogens with zero attached hydrogens (tertiary/aromatic N) is 4. The summed E-state index contributed by atoms with van der Waals surface area (Å²) >= 11 is 0. The van der Waals surface area contributed by atoms with Crippen LogP contribution in [0.25, 0.3) is 11.0 Å². The number of carbonyl (C=O) groups is 1. The second kappa shape index (κ2) is 8.08. The zero-order chi connectivity index (χ0) is 19.4. The average molecular weight is 372 g/mol. The quantitative estimate of drug-likeness (QED) is 0.822. The van der Waals surface area contributed by atoms with Gasteiger partial charge >= 0.3 is 6.09 Å². The topological polar surface area (TPSA) is 67.8 Å². The largest absolute Gasteiger partial charge is 0.481 e. The smallest absolute Gasteiger partial charge is 0.410 e. The van der Waals surface area contributed by atoms with Gasteiger partial charge in [0, 0.05) is 45.0 Å². The Balaban J connectivity index is 1.56. The summed E-state index contributed by atoms with van der Waals surface area (Å²) in [5.41, 5.74) is 2.48. The molecular weight excluding hydrogens is 344 g/mol. The highest BCUT2D eigenvalue weighted by atomic mass is 16.6. The van der Waals surface area contributed by atoms with E-state index in [9.17, 15) is 4.79 Å². The highest BCUT2D eigenvalue weighted by Crippen LogP contribution is 2.19. The molecule has 2 aromatic heterocycles. The molecule has 0 bridgehead atoms. The van der Waals surface area contributed by atoms with Crippen LogP contribution in [0, 0.1) is 0 Å². The molecule has 27 heavy (non-hydrogen) atoms. The Labute approximate surface area is 160 Å². The standard InChI is InChI=1S/C20H28N4O3/c1-20(2,3)27-19(25)24-13-11-23(12-14-24)10-8-15-7-9-21-16-5-6-17(26-4)22-18(15)16/h5-7,9H,8,10-14H2,1-4H3. The third-order valence-corrected chi connectivity index (χ3v) is 4.57. The number of rotatable bonds is 4. The second-order valence-corrected chi connectivity index (χ2v) is 7.75. The number of hydrogen-bond donors (Lipinski definition) is 0. The zero-order valence-electron chi connectivity index (χ0n) is 16.6. The number of aromatic nitrogens is 2. The van der Waals surface area contributed by atoms with E-state index in [1.165, 1.54) is 0 Å². The Bertz CT molecular complexity index is 795. The molecule has 0 N–H and O–H groups in total. The molecule has 1 aliphatic rings. The summed E-state index contributed by atoms with van der Waals surface area (Å²) in [7, 11) is 1.62. The molecule has 1 saturated heterocycles. The summed E-state index contributed by atoms with van der Waals surface area (Å²) in [5, 5.41) is 0. The van der Waals surface area contributed by atoms with Crippen LogP contribution in [0.2, 0.25) is 0 Å². The maximum absolute atomic E-state index is 12.2. The van der Waals surface area contributed by atoms with Crippen LogP contribution in [0.15, 0.2) is 24.4 Å². The van der Waals surface area contributed by atoms with Crippen molar-refractivity contribution in [2.24, 2.45) is 0 Å². The summed E-state index contributed by atoms with van der Waals surface area (Å²) in [6.45, 7) is 9.67. The Morgan fingerprint density at radius 1 is 1.15 bits per heavy atom. The summed E-state index contributed by atoms with van der Waals surface area (Å²) < 4.78 is 10.7. The highest BCUT2D eigenvalue weighted by Gasteiger charge is 2.25. The first-order valence-corrected chi connectivity index (χ1v) is 9.34. The third-order valence-electron chi connectivity index (χ3n) is 4.57. The van der Waals surface area contributed by atoms with Gasteiger partial charge in [-0.1, -0.05) is 0 Å². The van der Waals surface area contributed by atoms with Crippen molar-refractivity contribution in [3.63, 3.8) is 0 Å². The van der Waals surface area contributed by atoms with Gasteiger partial charge in [0.25, 0.3) is 0 Å². The molecule has 7 nitrogen and oxygen atoms in total. The van der Waals surface area contributed by atoms with Crippen molar-refractivity contribution in [3.8, 4) is 5.88 Å². The molecule has 0 aliphatic carbocycles. The van der Waals surface area contributed by atoms with E-state index in [2.05, 4.69) is 14.9 Å². The van der Waals surface area contributed by atoms with Gasteiger partial charge in [0.2, 0.25) is 5.88 Å². The van der Waals surface area contributed by atoms with E-state index in [0.29, 0.717) is 19.0 Å². The van der Waals surface area contributed by atoms with Gasteiger partial charge in [-0.15, -0.1) is 0 Å². The lowest BCUT2D eigenvalue weighted by Gasteiger charge is -2.35. The fourth-order valence-corrected chi connectivity index (χ4v) is 3.14. The van der Waals surface area contributed by atoms with Gasteiger partial charge < -0.3 is 14.4 Å². The summed E-state index contributed by atoms with van der Waals surface area (Å²) in [4.78, 5) is 25.3. The van der Waals surface area contributed by atoms with Crippen LogP contribution in [-0.2, 0) is 11.2 Å². The van der Waals surface area contributed by atoms with E-state index in [-0.39, 0.29) is 6.09 Å². The normalized spacial score (nSPS) is 15.8. The van der Waals surface area contributed by atoms with Gasteiger partial charge in [-0.2, -0.15) is 0 Å². The Morgan fingerprint density at radius 2 is 1.89 bits per heavy atom. The first-order chi connectivity index (χ1) is 12.9. The number of ether oxygens (including phenoxy) is 2. The van der Waals surface area contributed by atoms with Gasteiger partial charge in [0.1, 0.15) is 5.60 Å². The van der Waals surface area contributed by atoms with Crippen LogP contribution in [0.5, 0.6) is 5.88 Å². The fraction of sp³-hybridized carbons (Fsp3) is 0.550. The van der Waals surface area contributed by atoms with Crippen molar-refractivity contribution in [2.75, 3.05) is 39.8 Å². The molecule has 1 amide bonds. The minimum Gasteiger partial charge on any atom is -0.481 e. The highest BCUT2D eigenvalue weighted by molar-refractivity contribution is 5.78. The molecule has 0 spiro atoms. The van der Waals surface area contributed by atoms with Gasteiger partial charge in [-0.25, -0.2) is 9.78 Å². The average Bonchev–Trinajstić information content (AvgIpc) is 2.65. The first-order valence-electron chi connectivity index (χ1n) is 9.34. The third kappa shape index (κ3) is 5.07. The number of fused-ring (bicyclic) bond motifs is 1. The van der Waals surface area contributed by atoms with Gasteiger partial charge in [0.05, 0.1) is 18.1 Å². The van der Waals surface area contributed by atoms with Crippen molar-refractivity contribution in [1.29, 1.82) is 0 Å². The van der Waals surface area contributed by atoms with Crippen LogP contribution in [0.1, 0.15) is 26.3 Å². The maximum atomic E-state index is 12.2. The van der Waals surface area contributed by atoms with Crippen molar-refractivity contribution in [3.05, 3.63) is 30.0 Å². The molecule has 2 aromatic rings. The van der Waals surface area contributed by atoms with Crippen LogP contribution in [-0.4, -0.2) is 71.3 Å². The SMILES string of the molecule is COc1ccc2nccc(CCN3CCN(C(=O)OC(C)(C)C)CC3)c2n1. The lowest BCUT2D eigenvalue weighted by Crippen LogP contribution is -2.50. The number of methoxy groups -OCH3 is 1. The van der Waals surface area contributed by atoms with E-state index in [1.54, 1.807) is 12.0 Å². The molecule has 7 heteroatoms. The Kier molecular flexibility index (Phi) is 5.79. The number of pyridine rings is 2. The van der Waals surface area contributed by atoms with Gasteiger partial charge in [0.15, 0.2) is 0 Å². The Hall–Kier alpha value is -2.41. The first kappa shape index (κ1) is 19.4. The zero-order valence-corrected chi connectivity index (χ0v) is 16.6. The monoisotopic (exact) mass is 372 g/mol. The molecule has 1 fully saturated rings. The van der Waals surface area contributed by atoms with Crippen molar-refractivity contribution in [1.82, 2.24) is 19.8 Å². The number of amides is 1. The molecule has 3 rings (SSSR count). The van der Waals surface area contributed by atoms with Crippen LogP contribution in [0.4, 0.5) is 4.79 Å². The van der Waals surface area contributed by atoms with Crippen molar-refractivity contribution in [2.45, 2.75) is 32.8 Å². The molecule has 0 unspecified atom stereocenters. The van der Waals surface area contributed by atoms with E-state index < -0.39 is 5.60 Å². The second-order valence-electron chi connectivity index (χ2n) is 7.75. The lowest BCUT2D eigenvalue weighted by atomic mass is 10.1. The summed E-state index contributed by atoms with van der Waals surface area (Å²) in [6.07, 6.45) is 2.48. The van der Waals surface area contributed by atoms with Crippen molar-refractivity contribution < 1.29 is 14.3 Å². The van der Waals surface area contributed by atoms with E-state index in [1.807, 2.05) is 45.2 Å². The molecule has 0 atom stereocenters. The molecule has 0 radical (unpaired) electrons. The maximum Gasteiger partial charge on any atom is 0.410 e. The molecule has 1 aliphatic heterocycles. The molecule has 146 valence electrons. The fourth-order valence-electron chi connectivity index (χ4n) is 3.14. The predicted octanol–water partition coefficient (Wildman–Crippen LogP) is 2.73. The van der Waals surface area contributed by atoms with Gasteiger partial charge in [-0.05, 0) is 44.9 Å². The predicted molar refractivity (Wildman–Crippen MR) is 104 cm³/mol. The number of carbonyl (C=O) groups excluding carboxylic acids is 1. The van der Waals surface area contributed by atoms with Crippen molar-refractivity contribution >= 4 is 17.1 Å². The molecular formula is C20H28N4O3. The lowest BCUT2D eigenvalue weighted by molar-refractivity contribution is 0.0146. The summed E-state index contributed by atoms with van der Waals surface area (Å²) in [6, 6.07) is 5.78. The van der Waals surface area contributed by atoms with E-state index in [0.717, 1.165) is 42.7 Å². The summed E-state index contributed by atoms with van der Waals surface area (Å²) in [5.74, 6) is 0.600. The van der Waals surface area contributed by atoms with Gasteiger partial charge in [-0.3, -0.25) is 9.88 Å². The number of piperazine rings is 1.